The van der Waals surface area contributed by atoms with Crippen LogP contribution in [0.2, 0.25) is 0 Å². The van der Waals surface area contributed by atoms with Gasteiger partial charge in [0.25, 0.3) is 11.8 Å². The van der Waals surface area contributed by atoms with Gasteiger partial charge in [-0.15, -0.1) is 5.06 Å². The summed E-state index contributed by atoms with van der Waals surface area (Å²) in [4.78, 5) is 28.2. The van der Waals surface area contributed by atoms with Gasteiger partial charge in [0.1, 0.15) is 0 Å². The number of benzene rings is 1. The molecule has 0 radical (unpaired) electrons. The van der Waals surface area contributed by atoms with E-state index in [0.717, 1.165) is 10.6 Å². The number of imide groups is 1. The first-order valence-corrected chi connectivity index (χ1v) is 5.27. The van der Waals surface area contributed by atoms with Crippen molar-refractivity contribution in [2.45, 2.75) is 26.2 Å². The Morgan fingerprint density at radius 2 is 1.62 bits per heavy atom. The fourth-order valence-electron chi connectivity index (χ4n) is 1.54. The van der Waals surface area contributed by atoms with Crippen molar-refractivity contribution in [1.29, 1.82) is 0 Å². The van der Waals surface area contributed by atoms with Crippen LogP contribution in [0.15, 0.2) is 24.3 Å². The van der Waals surface area contributed by atoms with Gasteiger partial charge in [-0.2, -0.15) is 0 Å². The molecule has 0 aromatic heterocycles. The third-order valence-electron chi connectivity index (χ3n) is 2.45. The standard InChI is InChI=1S/C12H13NO3/c1-9-5-7-10(8-6-9)16-13-11(14)3-2-4-12(13)15/h5-8H,2-4H2,1H3. The van der Waals surface area contributed by atoms with Crippen molar-refractivity contribution in [3.63, 3.8) is 0 Å². The first-order chi connectivity index (χ1) is 7.66. The molecule has 84 valence electrons. The second-order valence-corrected chi connectivity index (χ2v) is 3.84. The number of hydrogen-bond acceptors (Lipinski definition) is 3. The highest BCUT2D eigenvalue weighted by atomic mass is 16.7. The molecular weight excluding hydrogens is 206 g/mol. The van der Waals surface area contributed by atoms with Crippen LogP contribution in [0.25, 0.3) is 0 Å². The first kappa shape index (κ1) is 10.7. The maximum absolute atomic E-state index is 11.5. The molecule has 1 aliphatic heterocycles. The summed E-state index contributed by atoms with van der Waals surface area (Å²) in [6.45, 7) is 1.96. The average Bonchev–Trinajstić information content (AvgIpc) is 2.26. The van der Waals surface area contributed by atoms with Crippen LogP contribution < -0.4 is 4.84 Å². The molecule has 2 amide bonds. The van der Waals surface area contributed by atoms with Gasteiger partial charge < -0.3 is 4.84 Å². The molecule has 0 bridgehead atoms. The number of amides is 2. The summed E-state index contributed by atoms with van der Waals surface area (Å²) in [6, 6.07) is 7.22. The van der Waals surface area contributed by atoms with Crippen LogP contribution in [0.1, 0.15) is 24.8 Å². The predicted molar refractivity (Wildman–Crippen MR) is 57.5 cm³/mol. The third-order valence-corrected chi connectivity index (χ3v) is 2.45. The number of nitrogens with zero attached hydrogens (tertiary/aromatic N) is 1. The summed E-state index contributed by atoms with van der Waals surface area (Å²) >= 11 is 0. The smallest absolute Gasteiger partial charge is 0.263 e. The highest BCUT2D eigenvalue weighted by Gasteiger charge is 2.28. The summed E-state index contributed by atoms with van der Waals surface area (Å²) in [5.41, 5.74) is 1.10. The van der Waals surface area contributed by atoms with Crippen LogP contribution in [0.4, 0.5) is 0 Å². The summed E-state index contributed by atoms with van der Waals surface area (Å²) < 4.78 is 0. The van der Waals surface area contributed by atoms with E-state index in [0.29, 0.717) is 25.0 Å². The van der Waals surface area contributed by atoms with Crippen molar-refractivity contribution in [2.24, 2.45) is 0 Å². The lowest BCUT2D eigenvalue weighted by Crippen LogP contribution is -2.42. The molecule has 0 atom stereocenters. The van der Waals surface area contributed by atoms with E-state index in [-0.39, 0.29) is 11.8 Å². The molecule has 1 aromatic rings. The number of carbonyl (C=O) groups is 2. The Labute approximate surface area is 93.8 Å². The minimum absolute atomic E-state index is 0.267. The molecular formula is C12H13NO3. The molecule has 1 saturated heterocycles. The molecule has 0 aliphatic carbocycles. The van der Waals surface area contributed by atoms with Crippen molar-refractivity contribution < 1.29 is 14.4 Å². The minimum Gasteiger partial charge on any atom is -0.369 e. The predicted octanol–water partition coefficient (Wildman–Crippen LogP) is 1.83. The normalized spacial score (nSPS) is 16.4. The van der Waals surface area contributed by atoms with Crippen LogP contribution in [-0.4, -0.2) is 16.9 Å². The number of hydroxylamine groups is 2. The second kappa shape index (κ2) is 4.35. The summed E-state index contributed by atoms with van der Waals surface area (Å²) in [7, 11) is 0. The molecule has 1 aliphatic rings. The molecule has 0 N–H and O–H groups in total. The van der Waals surface area contributed by atoms with Crippen molar-refractivity contribution in [1.82, 2.24) is 5.06 Å². The van der Waals surface area contributed by atoms with E-state index < -0.39 is 0 Å². The van der Waals surface area contributed by atoms with Gasteiger partial charge in [-0.1, -0.05) is 17.7 Å². The van der Waals surface area contributed by atoms with E-state index in [1.165, 1.54) is 0 Å². The molecule has 0 saturated carbocycles. The lowest BCUT2D eigenvalue weighted by molar-refractivity contribution is -0.175. The molecule has 1 heterocycles. The summed E-state index contributed by atoms with van der Waals surface area (Å²) in [6.07, 6.45) is 1.36. The van der Waals surface area contributed by atoms with Gasteiger partial charge in [-0.3, -0.25) is 9.59 Å². The largest absolute Gasteiger partial charge is 0.369 e. The Bertz CT molecular complexity index is 395. The van der Waals surface area contributed by atoms with E-state index in [9.17, 15) is 9.59 Å². The second-order valence-electron chi connectivity index (χ2n) is 3.84. The lowest BCUT2D eigenvalue weighted by Gasteiger charge is -2.23. The Kier molecular flexibility index (Phi) is 2.90. The third kappa shape index (κ3) is 2.21. The molecule has 1 aromatic carbocycles. The number of hydrogen-bond donors (Lipinski definition) is 0. The molecule has 1 fully saturated rings. The van der Waals surface area contributed by atoms with Crippen molar-refractivity contribution >= 4 is 11.8 Å². The van der Waals surface area contributed by atoms with Gasteiger partial charge in [0.2, 0.25) is 0 Å². The van der Waals surface area contributed by atoms with Gasteiger partial charge in [-0.25, -0.2) is 0 Å². The maximum Gasteiger partial charge on any atom is 0.263 e. The molecule has 0 unspecified atom stereocenters. The fraction of sp³-hybridized carbons (Fsp3) is 0.333. The highest BCUT2D eigenvalue weighted by molar-refractivity contribution is 5.96. The number of carbonyl (C=O) groups excluding carboxylic acids is 2. The Hall–Kier alpha value is -1.84. The molecule has 0 spiro atoms. The van der Waals surface area contributed by atoms with Gasteiger partial charge in [-0.05, 0) is 25.5 Å². The average molecular weight is 219 g/mol. The quantitative estimate of drug-likeness (QED) is 0.713. The maximum atomic E-state index is 11.5. The van der Waals surface area contributed by atoms with Gasteiger partial charge >= 0.3 is 0 Å². The molecule has 4 nitrogen and oxygen atoms in total. The van der Waals surface area contributed by atoms with Crippen LogP contribution in [-0.2, 0) is 9.59 Å². The van der Waals surface area contributed by atoms with Crippen molar-refractivity contribution in [2.75, 3.05) is 0 Å². The van der Waals surface area contributed by atoms with Crippen LogP contribution >= 0.6 is 0 Å². The molecule has 4 heteroatoms. The van der Waals surface area contributed by atoms with Gasteiger partial charge in [0, 0.05) is 12.8 Å². The van der Waals surface area contributed by atoms with Crippen molar-refractivity contribution in [3.8, 4) is 5.75 Å². The SMILES string of the molecule is Cc1ccc(ON2C(=O)CCCC2=O)cc1. The Morgan fingerprint density at radius 3 is 2.19 bits per heavy atom. The number of piperidine rings is 1. The van der Waals surface area contributed by atoms with E-state index >= 15 is 0 Å². The Balaban J connectivity index is 2.10. The topological polar surface area (TPSA) is 46.6 Å². The zero-order chi connectivity index (χ0) is 11.5. The van der Waals surface area contributed by atoms with Crippen molar-refractivity contribution in [3.05, 3.63) is 29.8 Å². The van der Waals surface area contributed by atoms with Crippen LogP contribution in [0.3, 0.4) is 0 Å². The first-order valence-electron chi connectivity index (χ1n) is 5.27. The monoisotopic (exact) mass is 219 g/mol. The van der Waals surface area contributed by atoms with Crippen LogP contribution in [0.5, 0.6) is 5.75 Å². The van der Waals surface area contributed by atoms with Crippen LogP contribution in [0, 0.1) is 6.92 Å². The number of aryl methyl sites for hydroxylation is 1. The van der Waals surface area contributed by atoms with Gasteiger partial charge in [0.05, 0.1) is 0 Å². The lowest BCUT2D eigenvalue weighted by atomic mass is 10.1. The minimum atomic E-state index is -0.267. The van der Waals surface area contributed by atoms with E-state index in [2.05, 4.69) is 0 Å². The Morgan fingerprint density at radius 1 is 1.06 bits per heavy atom. The summed E-state index contributed by atoms with van der Waals surface area (Å²) in [5.74, 6) is -0.0251. The van der Waals surface area contributed by atoms with Gasteiger partial charge in [0.15, 0.2) is 5.75 Å². The van der Waals surface area contributed by atoms with E-state index in [1.807, 2.05) is 19.1 Å². The van der Waals surface area contributed by atoms with E-state index in [1.54, 1.807) is 12.1 Å². The summed E-state index contributed by atoms with van der Waals surface area (Å²) in [5, 5.41) is 0.869. The fourth-order valence-corrected chi connectivity index (χ4v) is 1.54. The number of rotatable bonds is 2. The molecule has 2 rings (SSSR count). The van der Waals surface area contributed by atoms with E-state index in [4.69, 9.17) is 4.84 Å². The molecule has 16 heavy (non-hydrogen) atoms. The zero-order valence-corrected chi connectivity index (χ0v) is 9.10. The highest BCUT2D eigenvalue weighted by Crippen LogP contribution is 2.17. The zero-order valence-electron chi connectivity index (χ0n) is 9.10.